The fourth-order valence-corrected chi connectivity index (χ4v) is 4.60. The number of ether oxygens (including phenoxy) is 2. The van der Waals surface area contributed by atoms with Crippen LogP contribution >= 0.6 is 0 Å². The predicted molar refractivity (Wildman–Crippen MR) is 122 cm³/mol. The van der Waals surface area contributed by atoms with E-state index in [-0.39, 0.29) is 23.9 Å². The number of aryl methyl sites for hydroxylation is 1. The highest BCUT2D eigenvalue weighted by Crippen LogP contribution is 2.39. The quantitative estimate of drug-likeness (QED) is 0.497. The number of ketones is 1. The number of carbonyl (C=O) groups is 1. The van der Waals surface area contributed by atoms with E-state index in [4.69, 9.17) is 14.6 Å². The van der Waals surface area contributed by atoms with Crippen LogP contribution in [0.15, 0.2) is 42.5 Å². The highest BCUT2D eigenvalue weighted by atomic mass is 16.5. The molecule has 8 heteroatoms. The number of hydrogen-bond donors (Lipinski definition) is 1. The minimum absolute atomic E-state index is 0.0971. The van der Waals surface area contributed by atoms with E-state index in [1.54, 1.807) is 30.9 Å². The Morgan fingerprint density at radius 1 is 1.06 bits per heavy atom. The first kappa shape index (κ1) is 20.9. The number of hydrogen-bond acceptors (Lipinski definition) is 7. The molecule has 0 amide bonds. The van der Waals surface area contributed by atoms with Gasteiger partial charge in [-0.2, -0.15) is 5.10 Å². The van der Waals surface area contributed by atoms with Gasteiger partial charge in [-0.15, -0.1) is 10.2 Å². The lowest BCUT2D eigenvalue weighted by Gasteiger charge is -2.23. The Hall–Kier alpha value is -3.94. The molecule has 2 aromatic heterocycles. The van der Waals surface area contributed by atoms with Crippen LogP contribution in [0.4, 0.5) is 0 Å². The Balaban J connectivity index is 1.68. The Kier molecular flexibility index (Phi) is 5.20. The van der Waals surface area contributed by atoms with Crippen molar-refractivity contribution in [3.05, 3.63) is 65.1 Å². The number of fused-ring (bicyclic) bond motifs is 3. The average molecular weight is 444 g/mol. The molecule has 0 radical (unpaired) electrons. The van der Waals surface area contributed by atoms with Crippen molar-refractivity contribution in [3.8, 4) is 28.4 Å². The number of aromatic hydroxyl groups is 1. The number of methoxy groups -OCH3 is 2. The van der Waals surface area contributed by atoms with Crippen LogP contribution < -0.4 is 9.47 Å². The highest BCUT2D eigenvalue weighted by Gasteiger charge is 2.32. The monoisotopic (exact) mass is 444 g/mol. The van der Waals surface area contributed by atoms with Crippen molar-refractivity contribution in [1.29, 1.82) is 0 Å². The van der Waals surface area contributed by atoms with Gasteiger partial charge in [0.1, 0.15) is 5.75 Å². The fraction of sp³-hybridized carbons (Fsp3) is 0.280. The normalized spacial score (nSPS) is 15.5. The van der Waals surface area contributed by atoms with Gasteiger partial charge in [0.25, 0.3) is 0 Å². The minimum atomic E-state index is -0.155. The molecule has 1 aliphatic rings. The molecule has 1 N–H and O–H groups in total. The van der Waals surface area contributed by atoms with Gasteiger partial charge < -0.3 is 14.6 Å². The molecule has 0 aliphatic heterocycles. The van der Waals surface area contributed by atoms with Gasteiger partial charge in [-0.1, -0.05) is 31.2 Å². The van der Waals surface area contributed by atoms with Gasteiger partial charge in [0.05, 0.1) is 31.2 Å². The van der Waals surface area contributed by atoms with Crippen molar-refractivity contribution in [1.82, 2.24) is 19.8 Å². The molecule has 2 heterocycles. The molecule has 168 valence electrons. The molecule has 1 aliphatic carbocycles. The third-order valence-electron chi connectivity index (χ3n) is 6.23. The van der Waals surface area contributed by atoms with E-state index in [0.717, 1.165) is 22.4 Å². The molecule has 33 heavy (non-hydrogen) atoms. The number of phenols is 1. The van der Waals surface area contributed by atoms with E-state index in [1.165, 1.54) is 0 Å². The van der Waals surface area contributed by atoms with Crippen LogP contribution in [0.5, 0.6) is 17.2 Å². The van der Waals surface area contributed by atoms with Crippen molar-refractivity contribution in [3.63, 3.8) is 0 Å². The van der Waals surface area contributed by atoms with E-state index in [2.05, 4.69) is 10.2 Å². The van der Waals surface area contributed by atoms with Gasteiger partial charge >= 0.3 is 0 Å². The summed E-state index contributed by atoms with van der Waals surface area (Å²) in [7, 11) is 3.19. The van der Waals surface area contributed by atoms with Gasteiger partial charge in [-0.3, -0.25) is 4.79 Å². The van der Waals surface area contributed by atoms with E-state index in [1.807, 2.05) is 37.3 Å². The lowest BCUT2D eigenvalue weighted by atomic mass is 9.83. The van der Waals surface area contributed by atoms with E-state index >= 15 is 0 Å². The Morgan fingerprint density at radius 2 is 1.85 bits per heavy atom. The molecule has 8 nitrogen and oxygen atoms in total. The first-order valence-electron chi connectivity index (χ1n) is 10.9. The van der Waals surface area contributed by atoms with Crippen molar-refractivity contribution in [2.45, 2.75) is 32.1 Å². The molecular formula is C25H24N4O4. The topological polar surface area (TPSA) is 98.8 Å². The number of phenolic OH excluding ortho intramolecular Hbond substituents is 1. The highest BCUT2D eigenvalue weighted by molar-refractivity contribution is 5.97. The molecular weight excluding hydrogens is 420 g/mol. The van der Waals surface area contributed by atoms with Gasteiger partial charge in [-0.05, 0) is 42.2 Å². The zero-order valence-electron chi connectivity index (χ0n) is 18.7. The molecule has 0 saturated carbocycles. The van der Waals surface area contributed by atoms with Gasteiger partial charge in [0.15, 0.2) is 28.6 Å². The number of benzene rings is 2. The maximum atomic E-state index is 13.0. The van der Waals surface area contributed by atoms with Gasteiger partial charge in [0.2, 0.25) is 0 Å². The molecule has 0 spiro atoms. The van der Waals surface area contributed by atoms with E-state index < -0.39 is 0 Å². The second-order valence-electron chi connectivity index (χ2n) is 8.06. The first-order chi connectivity index (χ1) is 16.0. The summed E-state index contributed by atoms with van der Waals surface area (Å²) in [6.45, 7) is 2.03. The summed E-state index contributed by atoms with van der Waals surface area (Å²) < 4.78 is 12.6. The van der Waals surface area contributed by atoms with Crippen LogP contribution in [0.3, 0.4) is 0 Å². The number of Topliss-reactive ketones (excluding diaryl/α,β-unsaturated/α-hetero) is 1. The van der Waals surface area contributed by atoms with E-state index in [9.17, 15) is 9.90 Å². The molecule has 1 atom stereocenters. The molecule has 0 fully saturated rings. The lowest BCUT2D eigenvalue weighted by molar-refractivity contribution is 0.0955. The molecule has 0 saturated heterocycles. The zero-order valence-corrected chi connectivity index (χ0v) is 18.7. The molecule has 1 unspecified atom stereocenters. The van der Waals surface area contributed by atoms with Crippen LogP contribution in [-0.4, -0.2) is 44.9 Å². The standard InChI is InChI=1S/C25H24N4O4/c1-4-17-23(14-9-10-21(32-2)22(13-14)33-3)25-27-26-24-18(29(25)28-17)11-15(12-20(24)31)16-7-5-6-8-19(16)30/h5-10,13,15,30H,4,11-12H2,1-3H3. The van der Waals surface area contributed by atoms with Crippen molar-refractivity contribution >= 4 is 11.4 Å². The number of carbonyl (C=O) groups excluding carboxylic acids is 1. The molecule has 0 bridgehead atoms. The third kappa shape index (κ3) is 3.38. The SMILES string of the molecule is CCc1nn2c3c(nnc2c1-c1ccc(OC)c(OC)c1)C(=O)CC(c1ccccc1O)C3. The van der Waals surface area contributed by atoms with Crippen molar-refractivity contribution < 1.29 is 19.4 Å². The number of nitrogens with zero attached hydrogens (tertiary/aromatic N) is 4. The Labute approximate surface area is 190 Å². The van der Waals surface area contributed by atoms with E-state index in [0.29, 0.717) is 41.4 Å². The summed E-state index contributed by atoms with van der Waals surface area (Å²) in [5.41, 5.74) is 4.98. The van der Waals surface area contributed by atoms with Crippen LogP contribution in [-0.2, 0) is 12.8 Å². The maximum Gasteiger partial charge on any atom is 0.185 e. The Bertz CT molecular complexity index is 1380. The summed E-state index contributed by atoms with van der Waals surface area (Å²) >= 11 is 0. The maximum absolute atomic E-state index is 13.0. The fourth-order valence-electron chi connectivity index (χ4n) is 4.60. The molecule has 4 aromatic rings. The average Bonchev–Trinajstić information content (AvgIpc) is 3.23. The Morgan fingerprint density at radius 3 is 2.58 bits per heavy atom. The summed E-state index contributed by atoms with van der Waals surface area (Å²) in [4.78, 5) is 13.0. The summed E-state index contributed by atoms with van der Waals surface area (Å²) in [5.74, 6) is 1.18. The van der Waals surface area contributed by atoms with Crippen LogP contribution in [0.2, 0.25) is 0 Å². The molecule has 2 aromatic carbocycles. The zero-order chi connectivity index (χ0) is 23.1. The summed E-state index contributed by atoms with van der Waals surface area (Å²) in [5, 5.41) is 23.9. The lowest BCUT2D eigenvalue weighted by Crippen LogP contribution is -2.24. The molecule has 5 rings (SSSR count). The third-order valence-corrected chi connectivity index (χ3v) is 6.23. The summed E-state index contributed by atoms with van der Waals surface area (Å²) in [6.07, 6.45) is 1.48. The minimum Gasteiger partial charge on any atom is -0.508 e. The van der Waals surface area contributed by atoms with Crippen LogP contribution in [0.1, 0.15) is 46.7 Å². The second-order valence-corrected chi connectivity index (χ2v) is 8.06. The number of rotatable bonds is 5. The largest absolute Gasteiger partial charge is 0.508 e. The van der Waals surface area contributed by atoms with Gasteiger partial charge in [0, 0.05) is 12.3 Å². The first-order valence-corrected chi connectivity index (χ1v) is 10.9. The van der Waals surface area contributed by atoms with Gasteiger partial charge in [-0.25, -0.2) is 4.52 Å². The van der Waals surface area contributed by atoms with Crippen molar-refractivity contribution in [2.75, 3.05) is 14.2 Å². The predicted octanol–water partition coefficient (Wildman–Crippen LogP) is 3.99. The number of para-hydroxylation sites is 1. The summed E-state index contributed by atoms with van der Waals surface area (Å²) in [6, 6.07) is 12.8. The second kappa shape index (κ2) is 8.20. The van der Waals surface area contributed by atoms with Crippen LogP contribution in [0.25, 0.3) is 16.8 Å². The smallest absolute Gasteiger partial charge is 0.185 e. The number of aromatic nitrogens is 4. The van der Waals surface area contributed by atoms with Crippen molar-refractivity contribution in [2.24, 2.45) is 0 Å². The van der Waals surface area contributed by atoms with Crippen LogP contribution in [0, 0.1) is 0 Å².